The van der Waals surface area contributed by atoms with Crippen molar-refractivity contribution in [1.82, 2.24) is 0 Å². The van der Waals surface area contributed by atoms with E-state index in [2.05, 4.69) is 6.92 Å². The number of hydrogen-bond donors (Lipinski definition) is 1. The van der Waals surface area contributed by atoms with Gasteiger partial charge in [-0.2, -0.15) is 0 Å². The highest BCUT2D eigenvalue weighted by atomic mass is 16.6. The Morgan fingerprint density at radius 3 is 2.50 bits per heavy atom. The van der Waals surface area contributed by atoms with Crippen molar-refractivity contribution in [2.75, 3.05) is 13.2 Å². The highest BCUT2D eigenvalue weighted by Crippen LogP contribution is 2.34. The van der Waals surface area contributed by atoms with Crippen molar-refractivity contribution in [2.24, 2.45) is 11.1 Å². The van der Waals surface area contributed by atoms with Crippen LogP contribution in [0.5, 0.6) is 0 Å². The molecule has 1 rings (SSSR count). The summed E-state index contributed by atoms with van der Waals surface area (Å²) in [5.74, 6) is 0. The van der Waals surface area contributed by atoms with E-state index in [4.69, 9.17) is 15.2 Å². The van der Waals surface area contributed by atoms with Crippen molar-refractivity contribution in [3.63, 3.8) is 0 Å². The summed E-state index contributed by atoms with van der Waals surface area (Å²) in [7, 11) is 0. The molecule has 0 bridgehead atoms. The van der Waals surface area contributed by atoms with Crippen LogP contribution in [0.3, 0.4) is 0 Å². The van der Waals surface area contributed by atoms with E-state index < -0.39 is 11.7 Å². The van der Waals surface area contributed by atoms with Gasteiger partial charge in [0.2, 0.25) is 0 Å². The predicted octanol–water partition coefficient (Wildman–Crippen LogP) is 1.68. The van der Waals surface area contributed by atoms with Gasteiger partial charge in [-0.15, -0.1) is 0 Å². The Morgan fingerprint density at radius 2 is 2.14 bits per heavy atom. The summed E-state index contributed by atoms with van der Waals surface area (Å²) in [6, 6.07) is 0. The molecule has 4 nitrogen and oxygen atoms in total. The molecule has 1 heterocycles. The highest BCUT2D eigenvalue weighted by Gasteiger charge is 2.35. The van der Waals surface area contributed by atoms with Crippen LogP contribution in [-0.4, -0.2) is 24.9 Å². The molecule has 4 heteroatoms. The van der Waals surface area contributed by atoms with Crippen LogP contribution in [0.2, 0.25) is 0 Å². The standard InChI is InChI=1S/C10H19NO3/c1-9(2,14-8(11)12)4-5-10(3)6-13-7-10/h4-7H2,1-3H3,(H2,11,12). The lowest BCUT2D eigenvalue weighted by molar-refractivity contribution is -0.113. The lowest BCUT2D eigenvalue weighted by Gasteiger charge is -2.40. The van der Waals surface area contributed by atoms with Crippen LogP contribution >= 0.6 is 0 Å². The Hall–Kier alpha value is -0.770. The van der Waals surface area contributed by atoms with E-state index in [0.29, 0.717) is 0 Å². The predicted molar refractivity (Wildman–Crippen MR) is 52.9 cm³/mol. The molecule has 1 saturated heterocycles. The zero-order valence-corrected chi connectivity index (χ0v) is 9.13. The van der Waals surface area contributed by atoms with Gasteiger partial charge in [-0.05, 0) is 26.7 Å². The number of nitrogens with two attached hydrogens (primary N) is 1. The summed E-state index contributed by atoms with van der Waals surface area (Å²) in [5, 5.41) is 0. The van der Waals surface area contributed by atoms with Gasteiger partial charge >= 0.3 is 6.09 Å². The molecule has 1 amide bonds. The monoisotopic (exact) mass is 201 g/mol. The van der Waals surface area contributed by atoms with Gasteiger partial charge in [-0.1, -0.05) is 6.92 Å². The van der Waals surface area contributed by atoms with Crippen LogP contribution < -0.4 is 5.73 Å². The molecule has 82 valence electrons. The fourth-order valence-corrected chi connectivity index (χ4v) is 1.52. The lowest BCUT2D eigenvalue weighted by atomic mass is 9.81. The normalized spacial score (nSPS) is 19.9. The molecule has 1 fully saturated rings. The summed E-state index contributed by atoms with van der Waals surface area (Å²) >= 11 is 0. The number of carbonyl (C=O) groups excluding carboxylic acids is 1. The molecule has 14 heavy (non-hydrogen) atoms. The van der Waals surface area contributed by atoms with Gasteiger partial charge in [0.05, 0.1) is 13.2 Å². The molecule has 0 aromatic heterocycles. The first-order valence-electron chi connectivity index (χ1n) is 4.89. The largest absolute Gasteiger partial charge is 0.444 e. The molecule has 0 aromatic carbocycles. The molecular weight excluding hydrogens is 182 g/mol. The Kier molecular flexibility index (Phi) is 3.04. The van der Waals surface area contributed by atoms with Gasteiger partial charge in [-0.3, -0.25) is 0 Å². The van der Waals surface area contributed by atoms with E-state index in [0.717, 1.165) is 26.1 Å². The molecule has 0 unspecified atom stereocenters. The minimum absolute atomic E-state index is 0.262. The van der Waals surface area contributed by atoms with Crippen molar-refractivity contribution >= 4 is 6.09 Å². The first kappa shape index (κ1) is 11.3. The van der Waals surface area contributed by atoms with Crippen molar-refractivity contribution in [2.45, 2.75) is 39.2 Å². The third kappa shape index (κ3) is 3.18. The highest BCUT2D eigenvalue weighted by molar-refractivity contribution is 5.65. The fourth-order valence-electron chi connectivity index (χ4n) is 1.52. The zero-order valence-electron chi connectivity index (χ0n) is 9.13. The number of rotatable bonds is 4. The van der Waals surface area contributed by atoms with Gasteiger partial charge in [0.25, 0.3) is 0 Å². The molecular formula is C10H19NO3. The topological polar surface area (TPSA) is 61.5 Å². The Bertz CT molecular complexity index is 221. The maximum absolute atomic E-state index is 10.6. The molecule has 0 atom stereocenters. The van der Waals surface area contributed by atoms with Crippen molar-refractivity contribution in [1.29, 1.82) is 0 Å². The number of hydrogen-bond acceptors (Lipinski definition) is 3. The van der Waals surface area contributed by atoms with Crippen LogP contribution in [0.1, 0.15) is 33.6 Å². The summed E-state index contributed by atoms with van der Waals surface area (Å²) in [6.07, 6.45) is 1.10. The first-order valence-corrected chi connectivity index (χ1v) is 4.89. The van der Waals surface area contributed by atoms with Gasteiger partial charge in [-0.25, -0.2) is 4.79 Å². The first-order chi connectivity index (χ1) is 6.33. The smallest absolute Gasteiger partial charge is 0.405 e. The van der Waals surface area contributed by atoms with Crippen LogP contribution in [0.4, 0.5) is 4.79 Å². The molecule has 1 aliphatic heterocycles. The molecule has 2 N–H and O–H groups in total. The average molecular weight is 201 g/mol. The van der Waals surface area contributed by atoms with Crippen molar-refractivity contribution in [3.05, 3.63) is 0 Å². The third-order valence-electron chi connectivity index (χ3n) is 2.61. The maximum atomic E-state index is 10.6. The Labute approximate surface area is 84.7 Å². The molecule has 0 aromatic rings. The summed E-state index contributed by atoms with van der Waals surface area (Å²) in [4.78, 5) is 10.6. The Morgan fingerprint density at radius 1 is 1.57 bits per heavy atom. The van der Waals surface area contributed by atoms with Crippen LogP contribution in [-0.2, 0) is 9.47 Å². The number of carbonyl (C=O) groups is 1. The van der Waals surface area contributed by atoms with E-state index in [1.54, 1.807) is 0 Å². The van der Waals surface area contributed by atoms with Gasteiger partial charge in [0, 0.05) is 5.41 Å². The second kappa shape index (κ2) is 3.77. The summed E-state index contributed by atoms with van der Waals surface area (Å²) in [6.45, 7) is 7.54. The Balaban J connectivity index is 2.31. The molecule has 0 saturated carbocycles. The third-order valence-corrected chi connectivity index (χ3v) is 2.61. The summed E-state index contributed by atoms with van der Waals surface area (Å²) < 4.78 is 10.2. The van der Waals surface area contributed by atoms with E-state index >= 15 is 0 Å². The average Bonchev–Trinajstić information content (AvgIpc) is 1.95. The molecule has 1 aliphatic rings. The van der Waals surface area contributed by atoms with Crippen molar-refractivity contribution in [3.8, 4) is 0 Å². The van der Waals surface area contributed by atoms with Crippen molar-refractivity contribution < 1.29 is 14.3 Å². The summed E-state index contributed by atoms with van der Waals surface area (Å²) in [5.41, 5.74) is 4.77. The quantitative estimate of drug-likeness (QED) is 0.752. The maximum Gasteiger partial charge on any atom is 0.405 e. The van der Waals surface area contributed by atoms with Crippen LogP contribution in [0.25, 0.3) is 0 Å². The van der Waals surface area contributed by atoms with Crippen LogP contribution in [0.15, 0.2) is 0 Å². The fraction of sp³-hybridized carbons (Fsp3) is 0.900. The van der Waals surface area contributed by atoms with Gasteiger partial charge < -0.3 is 15.2 Å². The minimum Gasteiger partial charge on any atom is -0.444 e. The molecule has 0 aliphatic carbocycles. The van der Waals surface area contributed by atoms with E-state index in [1.807, 2.05) is 13.8 Å². The number of primary amides is 1. The minimum atomic E-state index is -0.704. The van der Waals surface area contributed by atoms with Gasteiger partial charge in [0.15, 0.2) is 0 Å². The molecule has 0 radical (unpaired) electrons. The van der Waals surface area contributed by atoms with E-state index in [-0.39, 0.29) is 5.41 Å². The van der Waals surface area contributed by atoms with E-state index in [1.165, 1.54) is 0 Å². The molecule has 0 spiro atoms. The van der Waals surface area contributed by atoms with Gasteiger partial charge in [0.1, 0.15) is 5.60 Å². The lowest BCUT2D eigenvalue weighted by Crippen LogP contribution is -2.42. The van der Waals surface area contributed by atoms with E-state index in [9.17, 15) is 4.79 Å². The number of amides is 1. The zero-order chi connectivity index (χ0) is 10.8. The number of ether oxygens (including phenoxy) is 2. The van der Waals surface area contributed by atoms with Crippen LogP contribution in [0, 0.1) is 5.41 Å². The second-order valence-electron chi connectivity index (χ2n) is 4.98. The second-order valence-corrected chi connectivity index (χ2v) is 4.98. The SMILES string of the molecule is CC1(CCC(C)(C)OC(N)=O)COC1.